The molecule has 0 aromatic heterocycles. The number of ether oxygens (including phenoxy) is 1. The number of nitrogens with one attached hydrogen (secondary N) is 2. The predicted octanol–water partition coefficient (Wildman–Crippen LogP) is 5.30. The number of anilines is 1. The van der Waals surface area contributed by atoms with Gasteiger partial charge in [0.1, 0.15) is 11.4 Å². The number of hydrogen-bond donors (Lipinski definition) is 2. The van der Waals surface area contributed by atoms with E-state index < -0.39 is 10.0 Å². The highest BCUT2D eigenvalue weighted by atomic mass is 32.2. The topological polar surface area (TPSA) is 84.5 Å². The molecule has 0 aliphatic carbocycles. The fourth-order valence-corrected chi connectivity index (χ4v) is 5.28. The highest BCUT2D eigenvalue weighted by molar-refractivity contribution is 7.92. The summed E-state index contributed by atoms with van der Waals surface area (Å²) in [6.45, 7) is 4.19. The van der Waals surface area contributed by atoms with E-state index in [0.29, 0.717) is 17.7 Å². The second-order valence-corrected chi connectivity index (χ2v) is 9.94. The Labute approximate surface area is 195 Å². The van der Waals surface area contributed by atoms with Gasteiger partial charge in [-0.15, -0.1) is 0 Å². The summed E-state index contributed by atoms with van der Waals surface area (Å²) < 4.78 is 34.2. The summed E-state index contributed by atoms with van der Waals surface area (Å²) in [6.07, 6.45) is 2.34. The number of benzene rings is 3. The van der Waals surface area contributed by atoms with Gasteiger partial charge in [0.15, 0.2) is 0 Å². The Morgan fingerprint density at radius 3 is 2.39 bits per heavy atom. The van der Waals surface area contributed by atoms with E-state index >= 15 is 0 Å². The quantitative estimate of drug-likeness (QED) is 0.497. The third kappa shape index (κ3) is 4.88. The Balaban J connectivity index is 1.56. The Morgan fingerprint density at radius 2 is 1.67 bits per heavy atom. The van der Waals surface area contributed by atoms with Crippen LogP contribution in [0.1, 0.15) is 55.1 Å². The summed E-state index contributed by atoms with van der Waals surface area (Å²) in [5.74, 6) is 0.528. The molecule has 0 fully saturated rings. The molecule has 4 rings (SSSR count). The third-order valence-corrected chi connectivity index (χ3v) is 7.62. The highest BCUT2D eigenvalue weighted by Crippen LogP contribution is 2.42. The maximum absolute atomic E-state index is 13.2. The van der Waals surface area contributed by atoms with Gasteiger partial charge in [0.05, 0.1) is 10.9 Å². The molecule has 0 saturated heterocycles. The van der Waals surface area contributed by atoms with Crippen LogP contribution in [-0.2, 0) is 10.0 Å². The zero-order chi connectivity index (χ0) is 23.5. The molecular formula is C26H28N2O4S. The maximum Gasteiger partial charge on any atom is 0.261 e. The molecular weight excluding hydrogens is 436 g/mol. The summed E-state index contributed by atoms with van der Waals surface area (Å²) in [6, 6.07) is 22.2. The largest absolute Gasteiger partial charge is 0.487 e. The molecule has 3 aromatic rings. The Morgan fingerprint density at radius 1 is 0.970 bits per heavy atom. The molecule has 172 valence electrons. The van der Waals surface area contributed by atoms with Crippen molar-refractivity contribution in [3.63, 3.8) is 0 Å². The van der Waals surface area contributed by atoms with E-state index in [2.05, 4.69) is 23.9 Å². The first-order valence-corrected chi connectivity index (χ1v) is 12.6. The highest BCUT2D eigenvalue weighted by Gasteiger charge is 2.39. The average molecular weight is 465 g/mol. The molecule has 0 unspecified atom stereocenters. The van der Waals surface area contributed by atoms with Gasteiger partial charge in [0.25, 0.3) is 15.9 Å². The second kappa shape index (κ2) is 9.27. The minimum absolute atomic E-state index is 0.161. The summed E-state index contributed by atoms with van der Waals surface area (Å²) in [7, 11) is -3.74. The summed E-state index contributed by atoms with van der Waals surface area (Å²) >= 11 is 0. The van der Waals surface area contributed by atoms with Crippen molar-refractivity contribution in [2.45, 2.75) is 49.6 Å². The van der Waals surface area contributed by atoms with Gasteiger partial charge in [-0.05, 0) is 49.2 Å². The Bertz CT molecular complexity index is 1240. The van der Waals surface area contributed by atoms with Gasteiger partial charge < -0.3 is 10.1 Å². The Kier molecular flexibility index (Phi) is 6.42. The smallest absolute Gasteiger partial charge is 0.261 e. The number of para-hydroxylation sites is 1. The van der Waals surface area contributed by atoms with E-state index in [1.807, 2.05) is 24.3 Å². The summed E-state index contributed by atoms with van der Waals surface area (Å²) in [5, 5.41) is 3.14. The second-order valence-electron chi connectivity index (χ2n) is 8.26. The molecule has 3 aromatic carbocycles. The molecule has 6 nitrogen and oxygen atoms in total. The zero-order valence-electron chi connectivity index (χ0n) is 18.7. The lowest BCUT2D eigenvalue weighted by atomic mass is 9.83. The van der Waals surface area contributed by atoms with Gasteiger partial charge in [-0.2, -0.15) is 0 Å². The molecule has 1 aliphatic rings. The van der Waals surface area contributed by atoms with Gasteiger partial charge in [0.2, 0.25) is 0 Å². The maximum atomic E-state index is 13.2. The van der Waals surface area contributed by atoms with E-state index in [-0.39, 0.29) is 22.4 Å². The summed E-state index contributed by atoms with van der Waals surface area (Å²) in [4.78, 5) is 13.3. The molecule has 33 heavy (non-hydrogen) atoms. The van der Waals surface area contributed by atoms with Crippen molar-refractivity contribution >= 4 is 21.6 Å². The molecule has 1 aliphatic heterocycles. The Hall–Kier alpha value is -3.32. The standard InChI is InChI=1S/C26H28N2O4S/c1-3-26(4-2)18-23(22-15-8-9-16-24(22)32-26)27-25(29)19-11-10-12-20(17-19)28-33(30,31)21-13-6-5-7-14-21/h5-17,23,28H,3-4,18H2,1-2H3,(H,27,29)/t23-/m1/s1. The van der Waals surface area contributed by atoms with Gasteiger partial charge >= 0.3 is 0 Å². The van der Waals surface area contributed by atoms with Gasteiger partial charge in [0, 0.05) is 23.2 Å². The number of sulfonamides is 1. The lowest BCUT2D eigenvalue weighted by molar-refractivity contribution is 0.0227. The van der Waals surface area contributed by atoms with Gasteiger partial charge in [-0.1, -0.05) is 56.3 Å². The van der Waals surface area contributed by atoms with Gasteiger partial charge in [-0.3, -0.25) is 9.52 Å². The van der Waals surface area contributed by atoms with Crippen LogP contribution in [0.2, 0.25) is 0 Å². The van der Waals surface area contributed by atoms with Crippen LogP contribution in [0.25, 0.3) is 0 Å². The first kappa shape index (κ1) is 22.9. The normalized spacial score (nSPS) is 16.8. The molecule has 0 bridgehead atoms. The first-order valence-electron chi connectivity index (χ1n) is 11.1. The van der Waals surface area contributed by atoms with Crippen LogP contribution in [0.15, 0.2) is 83.8 Å². The number of rotatable bonds is 7. The van der Waals surface area contributed by atoms with Crippen molar-refractivity contribution in [1.82, 2.24) is 5.32 Å². The van der Waals surface area contributed by atoms with E-state index in [9.17, 15) is 13.2 Å². The minimum atomic E-state index is -3.74. The van der Waals surface area contributed by atoms with Crippen LogP contribution in [0.4, 0.5) is 5.69 Å². The van der Waals surface area contributed by atoms with E-state index in [1.54, 1.807) is 42.5 Å². The molecule has 2 N–H and O–H groups in total. The van der Waals surface area contributed by atoms with Gasteiger partial charge in [-0.25, -0.2) is 8.42 Å². The third-order valence-electron chi connectivity index (χ3n) is 6.22. The fourth-order valence-electron chi connectivity index (χ4n) is 4.21. The van der Waals surface area contributed by atoms with Crippen molar-refractivity contribution in [1.29, 1.82) is 0 Å². The average Bonchev–Trinajstić information content (AvgIpc) is 2.84. The molecule has 1 amide bonds. The van der Waals surface area contributed by atoms with Crippen LogP contribution in [-0.4, -0.2) is 19.9 Å². The lowest BCUT2D eigenvalue weighted by Crippen LogP contribution is -2.44. The van der Waals surface area contributed by atoms with Crippen molar-refractivity contribution in [2.24, 2.45) is 0 Å². The molecule has 0 spiro atoms. The monoisotopic (exact) mass is 464 g/mol. The number of amides is 1. The number of fused-ring (bicyclic) bond motifs is 1. The summed E-state index contributed by atoms with van der Waals surface area (Å²) in [5.41, 5.74) is 1.32. The molecule has 0 radical (unpaired) electrons. The first-order chi connectivity index (χ1) is 15.9. The molecule has 0 saturated carbocycles. The van der Waals surface area contributed by atoms with Crippen molar-refractivity contribution in [2.75, 3.05) is 4.72 Å². The van der Waals surface area contributed by atoms with Crippen LogP contribution in [0.3, 0.4) is 0 Å². The number of carbonyl (C=O) groups excluding carboxylic acids is 1. The predicted molar refractivity (Wildman–Crippen MR) is 129 cm³/mol. The molecule has 7 heteroatoms. The molecule has 1 atom stereocenters. The van der Waals surface area contributed by atoms with E-state index in [4.69, 9.17) is 4.74 Å². The zero-order valence-corrected chi connectivity index (χ0v) is 19.6. The van der Waals surface area contributed by atoms with E-state index in [1.165, 1.54) is 12.1 Å². The number of carbonyl (C=O) groups is 1. The van der Waals surface area contributed by atoms with Crippen molar-refractivity contribution in [3.05, 3.63) is 90.0 Å². The van der Waals surface area contributed by atoms with E-state index in [0.717, 1.165) is 24.2 Å². The SMILES string of the molecule is CCC1(CC)C[C@@H](NC(=O)c2cccc(NS(=O)(=O)c3ccccc3)c2)c2ccccc2O1. The minimum Gasteiger partial charge on any atom is -0.487 e. The van der Waals surface area contributed by atoms with Crippen molar-refractivity contribution < 1.29 is 17.9 Å². The van der Waals surface area contributed by atoms with Crippen LogP contribution in [0.5, 0.6) is 5.75 Å². The fraction of sp³-hybridized carbons (Fsp3) is 0.269. The van der Waals surface area contributed by atoms with Crippen molar-refractivity contribution in [3.8, 4) is 5.75 Å². The van der Waals surface area contributed by atoms with Crippen LogP contribution < -0.4 is 14.8 Å². The molecule has 1 heterocycles. The van der Waals surface area contributed by atoms with Crippen LogP contribution in [0, 0.1) is 0 Å². The van der Waals surface area contributed by atoms with Crippen LogP contribution >= 0.6 is 0 Å². The number of hydrogen-bond acceptors (Lipinski definition) is 4. The lowest BCUT2D eigenvalue weighted by Gasteiger charge is -2.41.